The van der Waals surface area contributed by atoms with E-state index in [1.165, 1.54) is 18.2 Å². The molecule has 3 nitrogen and oxygen atoms in total. The highest BCUT2D eigenvalue weighted by atomic mass is 19.4. The molecule has 0 bridgehead atoms. The highest BCUT2D eigenvalue weighted by Crippen LogP contribution is 2.29. The van der Waals surface area contributed by atoms with E-state index in [9.17, 15) is 17.6 Å². The van der Waals surface area contributed by atoms with Gasteiger partial charge in [-0.05, 0) is 29.3 Å². The molecule has 0 aliphatic rings. The quantitative estimate of drug-likeness (QED) is 0.687. The molecule has 25 heavy (non-hydrogen) atoms. The molecule has 128 valence electrons. The van der Waals surface area contributed by atoms with E-state index in [0.29, 0.717) is 5.56 Å². The van der Waals surface area contributed by atoms with Gasteiger partial charge in [0.15, 0.2) is 0 Å². The standard InChI is InChI=1S/C18H13F4N3/c19-14-8-4-7-13(11-14)16(12-5-2-1-3-6-12)25-17-23-10-9-15(24-17)18(20,21)22/h1-11,16H,(H,23,24,25). The van der Waals surface area contributed by atoms with E-state index in [1.807, 2.05) is 6.07 Å². The molecule has 3 aromatic rings. The molecule has 1 atom stereocenters. The Morgan fingerprint density at radius 3 is 2.28 bits per heavy atom. The first-order valence-electron chi connectivity index (χ1n) is 7.41. The van der Waals surface area contributed by atoms with E-state index in [2.05, 4.69) is 15.3 Å². The molecule has 0 spiro atoms. The minimum absolute atomic E-state index is 0.187. The molecule has 3 rings (SSSR count). The number of anilines is 1. The van der Waals surface area contributed by atoms with Crippen molar-refractivity contribution < 1.29 is 17.6 Å². The maximum absolute atomic E-state index is 13.6. The van der Waals surface area contributed by atoms with Gasteiger partial charge in [0, 0.05) is 6.20 Å². The molecule has 0 radical (unpaired) electrons. The summed E-state index contributed by atoms with van der Waals surface area (Å²) >= 11 is 0. The number of hydrogen-bond acceptors (Lipinski definition) is 3. The van der Waals surface area contributed by atoms with Gasteiger partial charge in [-0.1, -0.05) is 42.5 Å². The van der Waals surface area contributed by atoms with Crippen LogP contribution in [0, 0.1) is 5.82 Å². The molecule has 0 aliphatic carbocycles. The summed E-state index contributed by atoms with van der Waals surface area (Å²) in [5.41, 5.74) is 0.248. The van der Waals surface area contributed by atoms with E-state index in [0.717, 1.165) is 17.8 Å². The zero-order valence-electron chi connectivity index (χ0n) is 12.8. The highest BCUT2D eigenvalue weighted by Gasteiger charge is 2.33. The Morgan fingerprint density at radius 2 is 1.60 bits per heavy atom. The first-order chi connectivity index (χ1) is 11.9. The van der Waals surface area contributed by atoms with Crippen LogP contribution < -0.4 is 5.32 Å². The minimum Gasteiger partial charge on any atom is -0.343 e. The van der Waals surface area contributed by atoms with Crippen molar-refractivity contribution >= 4 is 5.95 Å². The number of aromatic nitrogens is 2. The zero-order valence-corrected chi connectivity index (χ0v) is 12.8. The molecule has 0 aliphatic heterocycles. The first kappa shape index (κ1) is 16.9. The van der Waals surface area contributed by atoms with Crippen molar-refractivity contribution in [2.75, 3.05) is 5.32 Å². The van der Waals surface area contributed by atoms with Gasteiger partial charge in [-0.25, -0.2) is 14.4 Å². The maximum Gasteiger partial charge on any atom is 0.433 e. The lowest BCUT2D eigenvalue weighted by molar-refractivity contribution is -0.141. The van der Waals surface area contributed by atoms with E-state index >= 15 is 0 Å². The Morgan fingerprint density at radius 1 is 0.880 bits per heavy atom. The van der Waals surface area contributed by atoms with Gasteiger partial charge in [0.05, 0.1) is 6.04 Å². The minimum atomic E-state index is -4.57. The highest BCUT2D eigenvalue weighted by molar-refractivity contribution is 5.41. The second-order valence-corrected chi connectivity index (χ2v) is 5.31. The fraction of sp³-hybridized carbons (Fsp3) is 0.111. The van der Waals surface area contributed by atoms with Crippen LogP contribution in [-0.4, -0.2) is 9.97 Å². The lowest BCUT2D eigenvalue weighted by Crippen LogP contribution is -2.16. The van der Waals surface area contributed by atoms with Gasteiger partial charge < -0.3 is 5.32 Å². The topological polar surface area (TPSA) is 37.8 Å². The third-order valence-corrected chi connectivity index (χ3v) is 3.53. The van der Waals surface area contributed by atoms with E-state index in [1.54, 1.807) is 30.3 Å². The number of alkyl halides is 3. The van der Waals surface area contributed by atoms with Crippen molar-refractivity contribution in [3.05, 3.63) is 89.5 Å². The zero-order chi connectivity index (χ0) is 17.9. The number of hydrogen-bond donors (Lipinski definition) is 1. The van der Waals surface area contributed by atoms with Crippen LogP contribution in [0.5, 0.6) is 0 Å². The van der Waals surface area contributed by atoms with E-state index in [-0.39, 0.29) is 5.95 Å². The van der Waals surface area contributed by atoms with Gasteiger partial charge in [-0.15, -0.1) is 0 Å². The summed E-state index contributed by atoms with van der Waals surface area (Å²) in [4.78, 5) is 7.37. The summed E-state index contributed by atoms with van der Waals surface area (Å²) in [7, 11) is 0. The summed E-state index contributed by atoms with van der Waals surface area (Å²) in [6, 6.07) is 15.0. The van der Waals surface area contributed by atoms with Crippen LogP contribution in [0.25, 0.3) is 0 Å². The fourth-order valence-electron chi connectivity index (χ4n) is 2.41. The van der Waals surface area contributed by atoms with E-state index in [4.69, 9.17) is 0 Å². The lowest BCUT2D eigenvalue weighted by atomic mass is 9.99. The molecular weight excluding hydrogens is 334 g/mol. The van der Waals surface area contributed by atoms with E-state index < -0.39 is 23.7 Å². The van der Waals surface area contributed by atoms with Crippen LogP contribution in [0.1, 0.15) is 22.9 Å². The Labute approximate surface area is 141 Å². The molecule has 0 saturated carbocycles. The summed E-state index contributed by atoms with van der Waals surface area (Å²) in [6.07, 6.45) is -3.54. The lowest BCUT2D eigenvalue weighted by Gasteiger charge is -2.20. The summed E-state index contributed by atoms with van der Waals surface area (Å²) in [5, 5.41) is 2.86. The first-order valence-corrected chi connectivity index (χ1v) is 7.41. The van der Waals surface area contributed by atoms with Gasteiger partial charge in [0.1, 0.15) is 11.5 Å². The van der Waals surface area contributed by atoms with Gasteiger partial charge in [-0.2, -0.15) is 13.2 Å². The predicted octanol–water partition coefficient (Wildman–Crippen LogP) is 4.84. The normalized spacial score (nSPS) is 12.6. The van der Waals surface area contributed by atoms with Crippen LogP contribution >= 0.6 is 0 Å². The number of nitrogens with one attached hydrogen (secondary N) is 1. The average molecular weight is 347 g/mol. The van der Waals surface area contributed by atoms with Gasteiger partial charge in [-0.3, -0.25) is 0 Å². The largest absolute Gasteiger partial charge is 0.433 e. The van der Waals surface area contributed by atoms with Crippen molar-refractivity contribution in [3.8, 4) is 0 Å². The van der Waals surface area contributed by atoms with Crippen molar-refractivity contribution in [2.24, 2.45) is 0 Å². The van der Waals surface area contributed by atoms with Crippen LogP contribution in [0.15, 0.2) is 66.9 Å². The van der Waals surface area contributed by atoms with Crippen LogP contribution in [-0.2, 0) is 6.18 Å². The van der Waals surface area contributed by atoms with Gasteiger partial charge in [0.2, 0.25) is 5.95 Å². The summed E-state index contributed by atoms with van der Waals surface area (Å²) in [5.74, 6) is -0.627. The molecule has 1 heterocycles. The van der Waals surface area contributed by atoms with Crippen molar-refractivity contribution in [1.82, 2.24) is 9.97 Å². The fourth-order valence-corrected chi connectivity index (χ4v) is 2.41. The second kappa shape index (κ2) is 6.88. The summed E-state index contributed by atoms with van der Waals surface area (Å²) in [6.45, 7) is 0. The molecule has 0 fully saturated rings. The molecule has 1 unspecified atom stereocenters. The SMILES string of the molecule is Fc1cccc(C(Nc2nccc(C(F)(F)F)n2)c2ccccc2)c1. The summed E-state index contributed by atoms with van der Waals surface area (Å²) < 4.78 is 52.1. The van der Waals surface area contributed by atoms with Gasteiger partial charge in [0.25, 0.3) is 0 Å². The average Bonchev–Trinajstić information content (AvgIpc) is 2.60. The van der Waals surface area contributed by atoms with Crippen LogP contribution in [0.2, 0.25) is 0 Å². The number of halogens is 4. The molecule has 7 heteroatoms. The molecule has 0 amide bonds. The van der Waals surface area contributed by atoms with Crippen molar-refractivity contribution in [3.63, 3.8) is 0 Å². The smallest absolute Gasteiger partial charge is 0.343 e. The Bertz CT molecular complexity index is 850. The number of benzene rings is 2. The second-order valence-electron chi connectivity index (χ2n) is 5.31. The third-order valence-electron chi connectivity index (χ3n) is 3.53. The van der Waals surface area contributed by atoms with Crippen LogP contribution in [0.4, 0.5) is 23.5 Å². The number of nitrogens with zero attached hydrogens (tertiary/aromatic N) is 2. The van der Waals surface area contributed by atoms with Crippen molar-refractivity contribution in [1.29, 1.82) is 0 Å². The molecule has 1 aromatic heterocycles. The van der Waals surface area contributed by atoms with Crippen molar-refractivity contribution in [2.45, 2.75) is 12.2 Å². The molecule has 2 aromatic carbocycles. The number of rotatable bonds is 4. The third kappa shape index (κ3) is 4.12. The van der Waals surface area contributed by atoms with Gasteiger partial charge >= 0.3 is 6.18 Å². The van der Waals surface area contributed by atoms with Crippen LogP contribution in [0.3, 0.4) is 0 Å². The Kier molecular flexibility index (Phi) is 4.65. The molecule has 1 N–H and O–H groups in total. The Hall–Kier alpha value is -2.96. The molecular formula is C18H13F4N3. The monoisotopic (exact) mass is 347 g/mol. The maximum atomic E-state index is 13.6. The predicted molar refractivity (Wildman–Crippen MR) is 85.3 cm³/mol. The molecule has 0 saturated heterocycles. The Balaban J connectivity index is 1.99.